The molecule has 1 fully saturated rings. The molecule has 2 heterocycles. The zero-order valence-corrected chi connectivity index (χ0v) is 16.5. The lowest BCUT2D eigenvalue weighted by Gasteiger charge is -2.20. The molecule has 0 unspecified atom stereocenters. The fourth-order valence-electron chi connectivity index (χ4n) is 3.68. The van der Waals surface area contributed by atoms with Gasteiger partial charge in [0.05, 0.1) is 17.6 Å². The first-order chi connectivity index (χ1) is 15.0. The summed E-state index contributed by atoms with van der Waals surface area (Å²) < 4.78 is 7.40. The number of rotatable bonds is 7. The molecule has 9 heteroatoms. The molecular weight excluding hydrogens is 402 g/mol. The van der Waals surface area contributed by atoms with Crippen LogP contribution in [0.5, 0.6) is 0 Å². The Morgan fingerprint density at radius 3 is 2.71 bits per heavy atom. The molecule has 2 aromatic carbocycles. The number of fused-ring (bicyclic) bond motifs is 1. The Labute approximate surface area is 177 Å². The first-order valence-electron chi connectivity index (χ1n) is 9.81. The van der Waals surface area contributed by atoms with Gasteiger partial charge < -0.3 is 30.5 Å². The predicted octanol–water partition coefficient (Wildman–Crippen LogP) is 1.36. The van der Waals surface area contributed by atoms with Crippen LogP contribution in [-0.2, 0) is 16.1 Å². The number of aliphatic carboxylic acids is 1. The van der Waals surface area contributed by atoms with E-state index in [2.05, 4.69) is 10.3 Å². The third kappa shape index (κ3) is 4.30. The fraction of sp³-hybridized carbons (Fsp3) is 0.273. The molecule has 0 aliphatic carbocycles. The molecule has 0 radical (unpaired) electrons. The van der Waals surface area contributed by atoms with Gasteiger partial charge in [0, 0.05) is 12.6 Å². The number of aliphatic hydroxyl groups is 3. The van der Waals surface area contributed by atoms with Crippen molar-refractivity contribution in [3.8, 4) is 0 Å². The van der Waals surface area contributed by atoms with Gasteiger partial charge in [-0.15, -0.1) is 0 Å². The van der Waals surface area contributed by atoms with Crippen LogP contribution in [-0.4, -0.2) is 60.9 Å². The van der Waals surface area contributed by atoms with Crippen molar-refractivity contribution in [2.45, 2.75) is 31.1 Å². The molecule has 0 amide bonds. The summed E-state index contributed by atoms with van der Waals surface area (Å²) in [7, 11) is 0. The Hall–Kier alpha value is -3.24. The molecule has 1 aromatic heterocycles. The molecule has 0 spiro atoms. The zero-order chi connectivity index (χ0) is 22.0. The fourth-order valence-corrected chi connectivity index (χ4v) is 3.68. The van der Waals surface area contributed by atoms with Gasteiger partial charge >= 0.3 is 5.97 Å². The quantitative estimate of drug-likeness (QED) is 0.358. The Morgan fingerprint density at radius 2 is 1.97 bits per heavy atom. The number of aliphatic hydroxyl groups excluding tert-OH is 3. The number of nitrogens with zero attached hydrogens (tertiary/aromatic N) is 2. The van der Waals surface area contributed by atoms with Gasteiger partial charge in [0.25, 0.3) is 0 Å². The van der Waals surface area contributed by atoms with Gasteiger partial charge in [-0.05, 0) is 35.4 Å². The molecule has 1 saturated heterocycles. The van der Waals surface area contributed by atoms with Gasteiger partial charge in [-0.25, -0.2) is 9.78 Å². The highest BCUT2D eigenvalue weighted by atomic mass is 16.6. The average Bonchev–Trinajstić information content (AvgIpc) is 3.28. The largest absolute Gasteiger partial charge is 0.478 e. The SMILES string of the molecule is O=C(O)/C=C/c1cccc(CNc2nc3ccccc3n2[C@@H]2O[C@H](CO)[C@@H](O)[C@H]2O)c1. The Kier molecular flexibility index (Phi) is 6.01. The maximum absolute atomic E-state index is 10.7. The lowest BCUT2D eigenvalue weighted by atomic mass is 10.1. The Bertz CT molecular complexity index is 1110. The van der Waals surface area contributed by atoms with E-state index in [4.69, 9.17) is 9.84 Å². The molecule has 31 heavy (non-hydrogen) atoms. The lowest BCUT2D eigenvalue weighted by molar-refractivity contribution is -0.131. The summed E-state index contributed by atoms with van der Waals surface area (Å²) in [6.45, 7) is -0.0341. The minimum absolute atomic E-state index is 0.382. The van der Waals surface area contributed by atoms with Crippen molar-refractivity contribution < 1.29 is 30.0 Å². The molecule has 0 saturated carbocycles. The summed E-state index contributed by atoms with van der Waals surface area (Å²) in [5.74, 6) is -0.585. The summed E-state index contributed by atoms with van der Waals surface area (Å²) in [5.41, 5.74) is 3.03. The van der Waals surface area contributed by atoms with Gasteiger partial charge in [-0.3, -0.25) is 4.57 Å². The second-order valence-corrected chi connectivity index (χ2v) is 7.29. The number of imidazole rings is 1. The Balaban J connectivity index is 1.62. The molecule has 5 N–H and O–H groups in total. The third-order valence-corrected chi connectivity index (χ3v) is 5.19. The van der Waals surface area contributed by atoms with Crippen molar-refractivity contribution in [3.63, 3.8) is 0 Å². The summed E-state index contributed by atoms with van der Waals surface area (Å²) >= 11 is 0. The Morgan fingerprint density at radius 1 is 1.16 bits per heavy atom. The molecule has 4 atom stereocenters. The van der Waals surface area contributed by atoms with Crippen LogP contribution in [0, 0.1) is 0 Å². The smallest absolute Gasteiger partial charge is 0.328 e. The van der Waals surface area contributed by atoms with E-state index in [1.54, 1.807) is 10.6 Å². The summed E-state index contributed by atoms with van der Waals surface area (Å²) in [4.78, 5) is 15.3. The second-order valence-electron chi connectivity index (χ2n) is 7.29. The molecular formula is C22H23N3O6. The highest BCUT2D eigenvalue weighted by Gasteiger charge is 2.44. The number of carbonyl (C=O) groups is 1. The lowest BCUT2D eigenvalue weighted by Crippen LogP contribution is -2.33. The molecule has 0 bridgehead atoms. The van der Waals surface area contributed by atoms with Crippen LogP contribution in [0.4, 0.5) is 5.95 Å². The van der Waals surface area contributed by atoms with Crippen LogP contribution in [0.1, 0.15) is 17.4 Å². The second kappa shape index (κ2) is 8.86. The van der Waals surface area contributed by atoms with E-state index in [-0.39, 0.29) is 0 Å². The van der Waals surface area contributed by atoms with E-state index >= 15 is 0 Å². The van der Waals surface area contributed by atoms with Crippen LogP contribution < -0.4 is 5.32 Å². The summed E-state index contributed by atoms with van der Waals surface area (Å²) in [6.07, 6.45) is -1.69. The number of anilines is 1. The first-order valence-corrected chi connectivity index (χ1v) is 9.81. The molecule has 1 aliphatic heterocycles. The van der Waals surface area contributed by atoms with Crippen LogP contribution in [0.2, 0.25) is 0 Å². The minimum atomic E-state index is -1.24. The van der Waals surface area contributed by atoms with Gasteiger partial charge in [-0.2, -0.15) is 0 Å². The van der Waals surface area contributed by atoms with E-state index in [0.717, 1.165) is 17.2 Å². The van der Waals surface area contributed by atoms with Crippen LogP contribution in [0.15, 0.2) is 54.6 Å². The average molecular weight is 425 g/mol. The molecule has 3 aromatic rings. The molecule has 162 valence electrons. The van der Waals surface area contributed by atoms with E-state index in [1.165, 1.54) is 6.08 Å². The number of nitrogens with one attached hydrogen (secondary N) is 1. The first kappa shape index (κ1) is 21.0. The highest BCUT2D eigenvalue weighted by molar-refractivity contribution is 5.85. The van der Waals surface area contributed by atoms with E-state index < -0.39 is 37.1 Å². The zero-order valence-electron chi connectivity index (χ0n) is 16.5. The number of hydrogen-bond donors (Lipinski definition) is 5. The monoisotopic (exact) mass is 425 g/mol. The van der Waals surface area contributed by atoms with Crippen LogP contribution >= 0.6 is 0 Å². The number of hydrogen-bond acceptors (Lipinski definition) is 7. The number of carboxylic acids is 1. The topological polar surface area (TPSA) is 137 Å². The molecule has 4 rings (SSSR count). The standard InChI is InChI=1S/C22H23N3O6/c26-12-17-19(29)20(30)21(31-17)25-16-7-2-1-6-15(16)24-22(25)23-11-14-5-3-4-13(10-14)8-9-18(27)28/h1-10,17,19-21,26,29-30H,11-12H2,(H,23,24)(H,27,28)/b9-8+/t17-,19-,20-,21-/m1/s1. The highest BCUT2D eigenvalue weighted by Crippen LogP contribution is 2.35. The van der Waals surface area contributed by atoms with Crippen molar-refractivity contribution in [2.75, 3.05) is 11.9 Å². The predicted molar refractivity (Wildman–Crippen MR) is 113 cm³/mol. The van der Waals surface area contributed by atoms with E-state index in [9.17, 15) is 20.1 Å². The van der Waals surface area contributed by atoms with Gasteiger partial charge in [0.15, 0.2) is 6.23 Å². The summed E-state index contributed by atoms with van der Waals surface area (Å²) in [6, 6.07) is 14.7. The van der Waals surface area contributed by atoms with E-state index in [0.29, 0.717) is 23.5 Å². The van der Waals surface area contributed by atoms with Crippen molar-refractivity contribution in [1.82, 2.24) is 9.55 Å². The third-order valence-electron chi connectivity index (χ3n) is 5.19. The number of aromatic nitrogens is 2. The van der Waals surface area contributed by atoms with Crippen molar-refractivity contribution in [1.29, 1.82) is 0 Å². The normalized spacial score (nSPS) is 23.6. The maximum Gasteiger partial charge on any atom is 0.328 e. The van der Waals surface area contributed by atoms with Crippen LogP contribution in [0.3, 0.4) is 0 Å². The number of ether oxygens (including phenoxy) is 1. The number of carboxylic acid groups (broad SMARTS) is 1. The van der Waals surface area contributed by atoms with Gasteiger partial charge in [0.2, 0.25) is 5.95 Å². The van der Waals surface area contributed by atoms with Gasteiger partial charge in [-0.1, -0.05) is 30.3 Å². The molecule has 9 nitrogen and oxygen atoms in total. The van der Waals surface area contributed by atoms with E-state index in [1.807, 2.05) is 42.5 Å². The van der Waals surface area contributed by atoms with Crippen molar-refractivity contribution >= 4 is 29.0 Å². The van der Waals surface area contributed by atoms with Crippen molar-refractivity contribution in [2.24, 2.45) is 0 Å². The maximum atomic E-state index is 10.7. The van der Waals surface area contributed by atoms with Gasteiger partial charge in [0.1, 0.15) is 18.3 Å². The number of para-hydroxylation sites is 2. The minimum Gasteiger partial charge on any atom is -0.478 e. The van der Waals surface area contributed by atoms with Crippen LogP contribution in [0.25, 0.3) is 17.1 Å². The summed E-state index contributed by atoms with van der Waals surface area (Å²) in [5, 5.41) is 42.2. The van der Waals surface area contributed by atoms with Crippen molar-refractivity contribution in [3.05, 3.63) is 65.7 Å². The number of benzene rings is 2. The molecule has 1 aliphatic rings.